The van der Waals surface area contributed by atoms with Crippen LogP contribution >= 0.6 is 0 Å². The molecule has 14 heteroatoms. The summed E-state index contributed by atoms with van der Waals surface area (Å²) in [6, 6.07) is 16.1. The maximum Gasteiger partial charge on any atom is 0.416 e. The van der Waals surface area contributed by atoms with E-state index in [0.29, 0.717) is 16.5 Å². The molecule has 11 nitrogen and oxygen atoms in total. The van der Waals surface area contributed by atoms with Gasteiger partial charge in [0, 0.05) is 44.6 Å². The average Bonchev–Trinajstić information content (AvgIpc) is 2.96. The molecule has 1 aliphatic rings. The fourth-order valence-electron chi connectivity index (χ4n) is 5.22. The molecule has 3 amide bonds. The number of amides is 3. The van der Waals surface area contributed by atoms with Gasteiger partial charge in [-0.3, -0.25) is 14.5 Å². The second-order valence-electron chi connectivity index (χ2n) is 10.1. The second-order valence-corrected chi connectivity index (χ2v) is 10.1. The van der Waals surface area contributed by atoms with Gasteiger partial charge in [0.25, 0.3) is 5.91 Å². The minimum absolute atomic E-state index is 0.0489. The fourth-order valence-corrected chi connectivity index (χ4v) is 5.22. The highest BCUT2D eigenvalue weighted by Gasteiger charge is 2.45. The fraction of sp³-hybridized carbons (Fsp3) is 0.233. The van der Waals surface area contributed by atoms with Gasteiger partial charge in [0.2, 0.25) is 11.8 Å². The van der Waals surface area contributed by atoms with Gasteiger partial charge in [0.05, 0.1) is 5.56 Å². The van der Waals surface area contributed by atoms with Crippen LogP contribution in [0.25, 0.3) is 10.8 Å². The van der Waals surface area contributed by atoms with Crippen molar-refractivity contribution in [3.8, 4) is 11.6 Å². The highest BCUT2D eigenvalue weighted by molar-refractivity contribution is 6.07. The molecule has 0 radical (unpaired) electrons. The van der Waals surface area contributed by atoms with Crippen LogP contribution in [-0.2, 0) is 17.4 Å². The van der Waals surface area contributed by atoms with E-state index in [2.05, 4.69) is 25.9 Å². The summed E-state index contributed by atoms with van der Waals surface area (Å²) in [5.74, 6) is -0.193. The lowest BCUT2D eigenvalue weighted by Crippen LogP contribution is -2.71. The van der Waals surface area contributed by atoms with Gasteiger partial charge >= 0.3 is 12.3 Å². The summed E-state index contributed by atoms with van der Waals surface area (Å²) >= 11 is 0. The molecule has 1 aromatic heterocycles. The smallest absolute Gasteiger partial charge is 0.416 e. The van der Waals surface area contributed by atoms with E-state index in [4.69, 9.17) is 4.74 Å². The molecule has 0 aliphatic carbocycles. The summed E-state index contributed by atoms with van der Waals surface area (Å²) in [6.07, 6.45) is -5.24. The largest absolute Gasteiger partial charge is 0.465 e. The lowest BCUT2D eigenvalue weighted by molar-refractivity contribution is -0.138. The lowest BCUT2D eigenvalue weighted by atomic mass is 9.91. The zero-order valence-corrected chi connectivity index (χ0v) is 23.3. The van der Waals surface area contributed by atoms with Gasteiger partial charge in [-0.25, -0.2) is 14.8 Å². The van der Waals surface area contributed by atoms with Gasteiger partial charge in [-0.2, -0.15) is 13.2 Å². The molecule has 2 heterocycles. The number of anilines is 1. The second kappa shape index (κ2) is 12.2. The van der Waals surface area contributed by atoms with Crippen molar-refractivity contribution in [3.63, 3.8) is 0 Å². The molecule has 0 spiro atoms. The number of carbonyl (C=O) groups excluding carboxylic acids is 2. The molecule has 1 fully saturated rings. The van der Waals surface area contributed by atoms with E-state index < -0.39 is 35.8 Å². The average molecular weight is 609 g/mol. The Bertz CT molecular complexity index is 1730. The number of carbonyl (C=O) groups is 3. The van der Waals surface area contributed by atoms with Crippen LogP contribution in [0.1, 0.15) is 28.4 Å². The first-order valence-electron chi connectivity index (χ1n) is 13.4. The van der Waals surface area contributed by atoms with Gasteiger partial charge < -0.3 is 25.8 Å². The first-order valence-corrected chi connectivity index (χ1v) is 13.4. The number of halogens is 3. The summed E-state index contributed by atoms with van der Waals surface area (Å²) < 4.78 is 47.4. The zero-order valence-electron chi connectivity index (χ0n) is 23.3. The third kappa shape index (κ3) is 6.54. The predicted molar refractivity (Wildman–Crippen MR) is 153 cm³/mol. The first-order chi connectivity index (χ1) is 20.9. The molecule has 5 rings (SSSR count). The Kier molecular flexibility index (Phi) is 8.36. The zero-order chi connectivity index (χ0) is 31.5. The maximum absolute atomic E-state index is 13.9. The van der Waals surface area contributed by atoms with Gasteiger partial charge in [-0.1, -0.05) is 30.3 Å². The Morgan fingerprint density at radius 2 is 1.86 bits per heavy atom. The molecule has 228 valence electrons. The summed E-state index contributed by atoms with van der Waals surface area (Å²) in [7, 11) is 0. The van der Waals surface area contributed by atoms with Crippen LogP contribution in [0.4, 0.5) is 23.8 Å². The molecule has 1 unspecified atom stereocenters. The highest BCUT2D eigenvalue weighted by Crippen LogP contribution is 2.35. The molecular weight excluding hydrogens is 581 g/mol. The Labute approximate surface area is 249 Å². The number of ether oxygens (including phenoxy) is 1. The van der Waals surface area contributed by atoms with E-state index >= 15 is 0 Å². The summed E-state index contributed by atoms with van der Waals surface area (Å²) in [4.78, 5) is 46.4. The van der Waals surface area contributed by atoms with E-state index in [1.807, 2.05) is 0 Å². The number of rotatable bonds is 7. The van der Waals surface area contributed by atoms with Crippen LogP contribution in [0.2, 0.25) is 0 Å². The lowest BCUT2D eigenvalue weighted by Gasteiger charge is -2.46. The Morgan fingerprint density at radius 3 is 2.61 bits per heavy atom. The minimum Gasteiger partial charge on any atom is -0.465 e. The van der Waals surface area contributed by atoms with Gasteiger partial charge in [0.15, 0.2) is 0 Å². The number of aromatic nitrogens is 2. The Hall–Kier alpha value is -5.24. The van der Waals surface area contributed by atoms with Crippen molar-refractivity contribution in [1.82, 2.24) is 25.5 Å². The van der Waals surface area contributed by atoms with Crippen molar-refractivity contribution >= 4 is 34.5 Å². The molecule has 4 N–H and O–H groups in total. The number of nitrogens with one attached hydrogen (secondary N) is 3. The minimum atomic E-state index is -4.68. The van der Waals surface area contributed by atoms with Gasteiger partial charge in [-0.05, 0) is 46.7 Å². The van der Waals surface area contributed by atoms with Crippen LogP contribution in [0.5, 0.6) is 11.6 Å². The van der Waals surface area contributed by atoms with Crippen LogP contribution < -0.4 is 20.7 Å². The van der Waals surface area contributed by atoms with Crippen molar-refractivity contribution in [2.45, 2.75) is 25.2 Å². The van der Waals surface area contributed by atoms with E-state index in [0.717, 1.165) is 11.0 Å². The number of hydrogen-bond acceptors (Lipinski definition) is 7. The van der Waals surface area contributed by atoms with Crippen molar-refractivity contribution in [3.05, 3.63) is 89.7 Å². The third-order valence-corrected chi connectivity index (χ3v) is 7.09. The van der Waals surface area contributed by atoms with Crippen molar-refractivity contribution in [1.29, 1.82) is 0 Å². The third-order valence-electron chi connectivity index (χ3n) is 7.09. The van der Waals surface area contributed by atoms with E-state index in [1.165, 1.54) is 37.5 Å². The SMILES string of the molecule is CC(=O)Nc1cc(Oc2ccc3c(C(=O)NC4(Cc5ccccc5C(F)(F)F)CNCCN4C(=O)O)cccc3c2)ncn1. The highest BCUT2D eigenvalue weighted by atomic mass is 19.4. The molecule has 1 aliphatic heterocycles. The number of piperazine rings is 1. The number of carboxylic acid groups (broad SMARTS) is 1. The Balaban J connectivity index is 1.47. The summed E-state index contributed by atoms with van der Waals surface area (Å²) in [5.41, 5.74) is -2.59. The van der Waals surface area contributed by atoms with E-state index in [1.54, 1.807) is 36.4 Å². The quantitative estimate of drug-likeness (QED) is 0.237. The number of nitrogens with zero attached hydrogens (tertiary/aromatic N) is 3. The van der Waals surface area contributed by atoms with E-state index in [-0.39, 0.29) is 48.4 Å². The predicted octanol–water partition coefficient (Wildman–Crippen LogP) is 4.65. The molecule has 0 saturated carbocycles. The van der Waals surface area contributed by atoms with Crippen LogP contribution in [0, 0.1) is 0 Å². The van der Waals surface area contributed by atoms with Crippen molar-refractivity contribution < 1.29 is 37.4 Å². The normalized spacial score (nSPS) is 16.8. The van der Waals surface area contributed by atoms with E-state index in [9.17, 15) is 32.7 Å². The van der Waals surface area contributed by atoms with Crippen molar-refractivity contribution in [2.75, 3.05) is 25.0 Å². The van der Waals surface area contributed by atoms with Crippen LogP contribution in [0.15, 0.2) is 73.1 Å². The maximum atomic E-state index is 13.9. The number of alkyl halides is 3. The molecule has 3 aromatic carbocycles. The monoisotopic (exact) mass is 608 g/mol. The van der Waals surface area contributed by atoms with Crippen molar-refractivity contribution in [2.24, 2.45) is 0 Å². The molecule has 4 aromatic rings. The first kappa shape index (κ1) is 30.2. The summed E-state index contributed by atoms with van der Waals surface area (Å²) in [5, 5.41) is 19.5. The molecule has 1 saturated heterocycles. The standard InChI is InChI=1S/C30H27F3N6O5/c1-18(40)37-25-14-26(36-17-35-25)44-21-9-10-22-19(13-21)6-4-7-23(22)27(41)38-29(16-34-11-12-39(29)28(42)43)15-20-5-2-3-8-24(20)30(31,32)33/h2-10,13-14,17,34H,11-12,15-16H2,1H3,(H,38,41)(H,42,43)(H,35,36,37,40). The molecule has 1 atom stereocenters. The molecular formula is C30H27F3N6O5. The molecule has 0 bridgehead atoms. The number of benzene rings is 3. The van der Waals surface area contributed by atoms with Crippen LogP contribution in [-0.4, -0.2) is 63.2 Å². The summed E-state index contributed by atoms with van der Waals surface area (Å²) in [6.45, 7) is 1.44. The van der Waals surface area contributed by atoms with Gasteiger partial charge in [-0.15, -0.1) is 0 Å². The topological polar surface area (TPSA) is 146 Å². The Morgan fingerprint density at radius 1 is 1.07 bits per heavy atom. The molecule has 44 heavy (non-hydrogen) atoms. The number of hydrogen-bond donors (Lipinski definition) is 4. The van der Waals surface area contributed by atoms with Gasteiger partial charge in [0.1, 0.15) is 23.6 Å². The number of fused-ring (bicyclic) bond motifs is 1. The van der Waals surface area contributed by atoms with Crippen LogP contribution in [0.3, 0.4) is 0 Å².